The topological polar surface area (TPSA) is 72.3 Å². The van der Waals surface area contributed by atoms with E-state index in [-0.39, 0.29) is 24.2 Å². The minimum atomic E-state index is -3.12. The van der Waals surface area contributed by atoms with Gasteiger partial charge in [0.1, 0.15) is 22.2 Å². The fraction of sp³-hybridized carbons (Fsp3) is 0.529. The summed E-state index contributed by atoms with van der Waals surface area (Å²) in [6.45, 7) is 1.95. The first-order chi connectivity index (χ1) is 11.3. The number of carbonyl (C=O) groups excluding carboxylic acids is 1. The Balaban J connectivity index is 1.84. The summed E-state index contributed by atoms with van der Waals surface area (Å²) in [6.07, 6.45) is 3.41. The molecule has 1 aromatic carbocycles. The first-order valence-electron chi connectivity index (χ1n) is 8.15. The van der Waals surface area contributed by atoms with Gasteiger partial charge in [0.25, 0.3) is 0 Å². The van der Waals surface area contributed by atoms with Crippen molar-refractivity contribution in [2.24, 2.45) is 0 Å². The lowest BCUT2D eigenvalue weighted by Gasteiger charge is -2.25. The van der Waals surface area contributed by atoms with Crippen molar-refractivity contribution >= 4 is 26.8 Å². The highest BCUT2D eigenvalue weighted by Gasteiger charge is 2.30. The fourth-order valence-electron chi connectivity index (χ4n) is 2.96. The van der Waals surface area contributed by atoms with E-state index in [1.165, 1.54) is 11.2 Å². The van der Waals surface area contributed by atoms with Crippen LogP contribution in [0.1, 0.15) is 31.5 Å². The molecule has 3 rings (SSSR count). The van der Waals surface area contributed by atoms with E-state index in [1.54, 1.807) is 14.0 Å². The van der Waals surface area contributed by atoms with Crippen LogP contribution in [0.15, 0.2) is 24.3 Å². The number of hydrogen-bond acceptors (Lipinski definition) is 4. The summed E-state index contributed by atoms with van der Waals surface area (Å²) < 4.78 is 24.9. The van der Waals surface area contributed by atoms with Gasteiger partial charge in [0.2, 0.25) is 5.91 Å². The number of aromatic nitrogens is 2. The molecule has 0 N–H and O–H groups in total. The molecule has 0 radical (unpaired) electrons. The minimum absolute atomic E-state index is 0.0323. The normalized spacial score (nSPS) is 16.3. The predicted molar refractivity (Wildman–Crippen MR) is 93.7 cm³/mol. The average molecular weight is 349 g/mol. The van der Waals surface area contributed by atoms with Gasteiger partial charge < -0.3 is 9.47 Å². The van der Waals surface area contributed by atoms with E-state index in [4.69, 9.17) is 0 Å². The van der Waals surface area contributed by atoms with Crippen LogP contribution in [0, 0.1) is 0 Å². The lowest BCUT2D eigenvalue weighted by molar-refractivity contribution is -0.131. The van der Waals surface area contributed by atoms with Crippen LogP contribution < -0.4 is 0 Å². The van der Waals surface area contributed by atoms with Gasteiger partial charge >= 0.3 is 0 Å². The van der Waals surface area contributed by atoms with E-state index in [0.717, 1.165) is 29.7 Å². The molecule has 1 amide bonds. The summed E-state index contributed by atoms with van der Waals surface area (Å²) in [5.41, 5.74) is 1.86. The van der Waals surface area contributed by atoms with Gasteiger partial charge in [-0.2, -0.15) is 0 Å². The molecule has 6 nitrogen and oxygen atoms in total. The summed E-state index contributed by atoms with van der Waals surface area (Å²) in [5, 5.41) is 0. The minimum Gasteiger partial charge on any atom is -0.340 e. The lowest BCUT2D eigenvalue weighted by Crippen LogP contribution is -2.41. The second-order valence-corrected chi connectivity index (χ2v) is 8.95. The molecule has 1 aliphatic carbocycles. The van der Waals surface area contributed by atoms with Crippen molar-refractivity contribution in [3.8, 4) is 0 Å². The Morgan fingerprint density at radius 2 is 2.04 bits per heavy atom. The van der Waals surface area contributed by atoms with Gasteiger partial charge in [0.15, 0.2) is 0 Å². The highest BCUT2D eigenvalue weighted by atomic mass is 32.2. The molecule has 1 aromatic heterocycles. The third-order valence-electron chi connectivity index (χ3n) is 4.52. The predicted octanol–water partition coefficient (Wildman–Crippen LogP) is 1.81. The lowest BCUT2D eigenvalue weighted by atomic mass is 10.3. The van der Waals surface area contributed by atoms with Gasteiger partial charge in [0, 0.05) is 25.3 Å². The monoisotopic (exact) mass is 349 g/mol. The van der Waals surface area contributed by atoms with Crippen LogP contribution in [0.25, 0.3) is 11.0 Å². The Hall–Kier alpha value is -1.89. The maximum Gasteiger partial charge on any atom is 0.242 e. The zero-order chi connectivity index (χ0) is 17.5. The van der Waals surface area contributed by atoms with E-state index in [1.807, 2.05) is 28.8 Å². The summed E-state index contributed by atoms with van der Waals surface area (Å²) in [4.78, 5) is 18.9. The maximum atomic E-state index is 12.7. The molecule has 1 aliphatic rings. The quantitative estimate of drug-likeness (QED) is 0.797. The van der Waals surface area contributed by atoms with Crippen LogP contribution in [0.5, 0.6) is 0 Å². The Bertz CT molecular complexity index is 868. The number of likely N-dealkylation sites (N-methyl/N-ethyl adjacent to an activating group) is 1. The van der Waals surface area contributed by atoms with Gasteiger partial charge in [-0.3, -0.25) is 4.79 Å². The molecule has 1 unspecified atom stereocenters. The average Bonchev–Trinajstić information content (AvgIpc) is 3.28. The molecule has 1 saturated carbocycles. The summed E-state index contributed by atoms with van der Waals surface area (Å²) in [5.74, 6) is 1.27. The van der Waals surface area contributed by atoms with Crippen LogP contribution in [0.2, 0.25) is 0 Å². The molecular formula is C17H23N3O3S. The summed E-state index contributed by atoms with van der Waals surface area (Å²) in [7, 11) is -1.46. The number of imidazole rings is 1. The van der Waals surface area contributed by atoms with Crippen molar-refractivity contribution in [2.45, 2.75) is 38.3 Å². The Morgan fingerprint density at radius 3 is 2.67 bits per heavy atom. The van der Waals surface area contributed by atoms with E-state index in [2.05, 4.69) is 4.98 Å². The van der Waals surface area contributed by atoms with E-state index < -0.39 is 9.84 Å². The van der Waals surface area contributed by atoms with Gasteiger partial charge in [-0.25, -0.2) is 13.4 Å². The van der Waals surface area contributed by atoms with Gasteiger partial charge in [-0.15, -0.1) is 0 Å². The van der Waals surface area contributed by atoms with E-state index >= 15 is 0 Å². The fourth-order valence-corrected chi connectivity index (χ4v) is 4.06. The Kier molecular flexibility index (Phi) is 4.38. The standard InChI is InChI=1S/C17H23N3O3S/c1-12(11-24(3,22)23)19(2)16(21)10-20-15-7-5-4-6-14(15)18-17(20)13-8-9-13/h4-7,12-13H,8-11H2,1-3H3. The number of hydrogen-bond donors (Lipinski definition) is 0. The largest absolute Gasteiger partial charge is 0.340 e. The number of sulfone groups is 1. The summed E-state index contributed by atoms with van der Waals surface area (Å²) >= 11 is 0. The number of nitrogens with zero attached hydrogens (tertiary/aromatic N) is 3. The summed E-state index contributed by atoms with van der Waals surface area (Å²) in [6, 6.07) is 7.46. The molecule has 0 spiro atoms. The molecule has 1 heterocycles. The van der Waals surface area contributed by atoms with E-state index in [0.29, 0.717) is 5.92 Å². The van der Waals surface area contributed by atoms with Crippen molar-refractivity contribution < 1.29 is 13.2 Å². The van der Waals surface area contributed by atoms with Gasteiger partial charge in [0.05, 0.1) is 16.8 Å². The molecule has 130 valence electrons. The number of amides is 1. The Labute approximate surface area is 142 Å². The van der Waals surface area contributed by atoms with Crippen LogP contribution in [-0.2, 0) is 21.2 Å². The van der Waals surface area contributed by atoms with Crippen LogP contribution in [0.4, 0.5) is 0 Å². The number of carbonyl (C=O) groups is 1. The second kappa shape index (κ2) is 6.20. The van der Waals surface area contributed by atoms with Crippen molar-refractivity contribution in [3.05, 3.63) is 30.1 Å². The molecule has 0 bridgehead atoms. The molecule has 1 atom stereocenters. The first kappa shape index (κ1) is 17.0. The highest BCUT2D eigenvalue weighted by Crippen LogP contribution is 2.40. The van der Waals surface area contributed by atoms with Crippen molar-refractivity contribution in [3.63, 3.8) is 0 Å². The van der Waals surface area contributed by atoms with Crippen molar-refractivity contribution in [2.75, 3.05) is 19.1 Å². The third kappa shape index (κ3) is 3.61. The third-order valence-corrected chi connectivity index (χ3v) is 5.61. The smallest absolute Gasteiger partial charge is 0.242 e. The number of fused-ring (bicyclic) bond motifs is 1. The van der Waals surface area contributed by atoms with E-state index in [9.17, 15) is 13.2 Å². The molecule has 7 heteroatoms. The molecule has 0 saturated heterocycles. The highest BCUT2D eigenvalue weighted by molar-refractivity contribution is 7.90. The Morgan fingerprint density at radius 1 is 1.38 bits per heavy atom. The van der Waals surface area contributed by atoms with Crippen LogP contribution in [-0.4, -0.2) is 53.9 Å². The number of para-hydroxylation sites is 2. The number of benzene rings is 1. The van der Waals surface area contributed by atoms with Gasteiger partial charge in [-0.05, 0) is 31.9 Å². The van der Waals surface area contributed by atoms with Crippen LogP contribution in [0.3, 0.4) is 0 Å². The first-order valence-corrected chi connectivity index (χ1v) is 10.2. The zero-order valence-electron chi connectivity index (χ0n) is 14.3. The SMILES string of the molecule is CC(CS(C)(=O)=O)N(C)C(=O)Cn1c(C2CC2)nc2ccccc21. The second-order valence-electron chi connectivity index (χ2n) is 6.77. The molecule has 24 heavy (non-hydrogen) atoms. The number of rotatable bonds is 6. The van der Waals surface area contributed by atoms with Gasteiger partial charge in [-0.1, -0.05) is 12.1 Å². The molecule has 2 aromatic rings. The molecule has 1 fully saturated rings. The van der Waals surface area contributed by atoms with Crippen LogP contribution >= 0.6 is 0 Å². The maximum absolute atomic E-state index is 12.7. The molecule has 0 aliphatic heterocycles. The van der Waals surface area contributed by atoms with Crippen molar-refractivity contribution in [1.82, 2.24) is 14.5 Å². The van der Waals surface area contributed by atoms with Crippen molar-refractivity contribution in [1.29, 1.82) is 0 Å². The molecular weight excluding hydrogens is 326 g/mol. The zero-order valence-corrected chi connectivity index (χ0v) is 15.1.